The van der Waals surface area contributed by atoms with Gasteiger partial charge in [-0.15, -0.1) is 0 Å². The van der Waals surface area contributed by atoms with Gasteiger partial charge in [-0.3, -0.25) is 0 Å². The van der Waals surface area contributed by atoms with E-state index in [1.807, 2.05) is 0 Å². The number of hydrogen-bond acceptors (Lipinski definition) is 3. The van der Waals surface area contributed by atoms with Crippen molar-refractivity contribution in [3.05, 3.63) is 0 Å². The van der Waals surface area contributed by atoms with Crippen LogP contribution < -0.4 is 11.1 Å². The van der Waals surface area contributed by atoms with Crippen LogP contribution in [0.3, 0.4) is 0 Å². The van der Waals surface area contributed by atoms with E-state index in [0.717, 1.165) is 25.6 Å². The molecule has 0 radical (unpaired) electrons. The molecule has 2 aliphatic rings. The Balaban J connectivity index is 1.80. The lowest BCUT2D eigenvalue weighted by Crippen LogP contribution is -2.53. The van der Waals surface area contributed by atoms with Gasteiger partial charge in [0.05, 0.1) is 5.60 Å². The summed E-state index contributed by atoms with van der Waals surface area (Å²) in [5.41, 5.74) is 6.06. The first-order valence-electron chi connectivity index (χ1n) is 6.64. The molecule has 1 saturated heterocycles. The highest BCUT2D eigenvalue weighted by Gasteiger charge is 2.36. The van der Waals surface area contributed by atoms with Gasteiger partial charge < -0.3 is 15.8 Å². The Bertz CT molecular complexity index is 234. The molecule has 0 aromatic carbocycles. The third-order valence-corrected chi connectivity index (χ3v) is 4.08. The molecule has 1 aliphatic carbocycles. The highest BCUT2D eigenvalue weighted by molar-refractivity contribution is 4.94. The van der Waals surface area contributed by atoms with Crippen LogP contribution in [0.2, 0.25) is 0 Å². The Labute approximate surface area is 99.1 Å². The zero-order chi connectivity index (χ0) is 11.6. The average Bonchev–Trinajstić information content (AvgIpc) is 2.96. The number of nitrogens with two attached hydrogens (primary N) is 1. The smallest absolute Gasteiger partial charge is 0.0779 e. The number of rotatable bonds is 6. The molecular weight excluding hydrogens is 200 g/mol. The monoisotopic (exact) mass is 226 g/mol. The van der Waals surface area contributed by atoms with E-state index in [1.54, 1.807) is 0 Å². The summed E-state index contributed by atoms with van der Waals surface area (Å²) in [5, 5.41) is 3.65. The lowest BCUT2D eigenvalue weighted by Gasteiger charge is -2.34. The molecule has 1 aliphatic heterocycles. The van der Waals surface area contributed by atoms with E-state index in [9.17, 15) is 0 Å². The van der Waals surface area contributed by atoms with Gasteiger partial charge in [0.25, 0.3) is 0 Å². The van der Waals surface area contributed by atoms with Gasteiger partial charge in [-0.05, 0) is 39.0 Å². The molecule has 2 fully saturated rings. The molecule has 0 bridgehead atoms. The maximum absolute atomic E-state index is 5.91. The molecule has 2 rings (SSSR count). The second kappa shape index (κ2) is 4.63. The minimum Gasteiger partial charge on any atom is -0.374 e. The molecule has 3 heteroatoms. The summed E-state index contributed by atoms with van der Waals surface area (Å²) in [6.07, 6.45) is 6.37. The normalized spacial score (nSPS) is 33.9. The van der Waals surface area contributed by atoms with Gasteiger partial charge in [-0.1, -0.05) is 12.8 Å². The average molecular weight is 226 g/mol. The molecule has 0 amide bonds. The van der Waals surface area contributed by atoms with Crippen LogP contribution in [0.25, 0.3) is 0 Å². The molecule has 16 heavy (non-hydrogen) atoms. The zero-order valence-corrected chi connectivity index (χ0v) is 10.7. The molecule has 0 aromatic rings. The van der Waals surface area contributed by atoms with Crippen molar-refractivity contribution in [3.8, 4) is 0 Å². The molecule has 2 atom stereocenters. The van der Waals surface area contributed by atoms with Gasteiger partial charge in [0.2, 0.25) is 0 Å². The van der Waals surface area contributed by atoms with Gasteiger partial charge in [0.1, 0.15) is 0 Å². The SMILES string of the molecule is CC(CN)(CC1CC1)NCC1(C)CCCO1. The molecular formula is C13H26N2O. The van der Waals surface area contributed by atoms with Crippen LogP contribution >= 0.6 is 0 Å². The Morgan fingerprint density at radius 3 is 2.75 bits per heavy atom. The minimum atomic E-state index is 0.0416. The third-order valence-electron chi connectivity index (χ3n) is 4.08. The van der Waals surface area contributed by atoms with Crippen LogP contribution in [0.5, 0.6) is 0 Å². The first-order valence-corrected chi connectivity index (χ1v) is 6.64. The summed E-state index contributed by atoms with van der Waals surface area (Å²) in [7, 11) is 0. The Morgan fingerprint density at radius 2 is 2.25 bits per heavy atom. The van der Waals surface area contributed by atoms with Crippen LogP contribution in [0.1, 0.15) is 46.0 Å². The maximum atomic E-state index is 5.91. The Hall–Kier alpha value is -0.120. The van der Waals surface area contributed by atoms with Crippen molar-refractivity contribution in [3.63, 3.8) is 0 Å². The molecule has 2 unspecified atom stereocenters. The highest BCUT2D eigenvalue weighted by Crippen LogP contribution is 2.36. The summed E-state index contributed by atoms with van der Waals surface area (Å²) in [5.74, 6) is 0.915. The zero-order valence-electron chi connectivity index (χ0n) is 10.7. The van der Waals surface area contributed by atoms with Crippen molar-refractivity contribution in [2.24, 2.45) is 11.7 Å². The van der Waals surface area contributed by atoms with Crippen molar-refractivity contribution in [2.45, 2.75) is 57.1 Å². The largest absolute Gasteiger partial charge is 0.374 e. The Kier molecular flexibility index (Phi) is 3.57. The van der Waals surface area contributed by atoms with Gasteiger partial charge in [-0.25, -0.2) is 0 Å². The molecule has 1 saturated carbocycles. The highest BCUT2D eigenvalue weighted by atomic mass is 16.5. The van der Waals surface area contributed by atoms with E-state index in [1.165, 1.54) is 32.1 Å². The number of nitrogens with one attached hydrogen (secondary N) is 1. The lowest BCUT2D eigenvalue weighted by molar-refractivity contribution is 0.0144. The van der Waals surface area contributed by atoms with E-state index < -0.39 is 0 Å². The second-order valence-electron chi connectivity index (χ2n) is 6.17. The fourth-order valence-electron chi connectivity index (χ4n) is 2.56. The summed E-state index contributed by atoms with van der Waals surface area (Å²) in [4.78, 5) is 0. The fraction of sp³-hybridized carbons (Fsp3) is 1.00. The number of hydrogen-bond donors (Lipinski definition) is 2. The van der Waals surface area contributed by atoms with Crippen LogP contribution in [-0.4, -0.2) is 30.8 Å². The first kappa shape index (κ1) is 12.3. The van der Waals surface area contributed by atoms with Gasteiger partial charge in [0.15, 0.2) is 0 Å². The van der Waals surface area contributed by atoms with Gasteiger partial charge >= 0.3 is 0 Å². The van der Waals surface area contributed by atoms with Gasteiger partial charge in [0, 0.05) is 25.2 Å². The summed E-state index contributed by atoms with van der Waals surface area (Å²) < 4.78 is 5.80. The Morgan fingerprint density at radius 1 is 1.50 bits per heavy atom. The summed E-state index contributed by atoms with van der Waals surface area (Å²) in [6, 6.07) is 0. The van der Waals surface area contributed by atoms with Crippen LogP contribution in [0, 0.1) is 5.92 Å². The molecule has 3 nitrogen and oxygen atoms in total. The van der Waals surface area contributed by atoms with E-state index in [2.05, 4.69) is 19.2 Å². The third kappa shape index (κ3) is 3.19. The van der Waals surface area contributed by atoms with Crippen molar-refractivity contribution < 1.29 is 4.74 Å². The minimum absolute atomic E-state index is 0.0416. The van der Waals surface area contributed by atoms with Crippen molar-refractivity contribution in [1.82, 2.24) is 5.32 Å². The van der Waals surface area contributed by atoms with E-state index in [4.69, 9.17) is 10.5 Å². The predicted molar refractivity (Wildman–Crippen MR) is 66.4 cm³/mol. The van der Waals surface area contributed by atoms with E-state index in [0.29, 0.717) is 0 Å². The quantitative estimate of drug-likeness (QED) is 0.724. The number of ether oxygens (including phenoxy) is 1. The van der Waals surface area contributed by atoms with E-state index in [-0.39, 0.29) is 11.1 Å². The molecule has 94 valence electrons. The summed E-state index contributed by atoms with van der Waals surface area (Å²) >= 11 is 0. The molecule has 3 N–H and O–H groups in total. The van der Waals surface area contributed by atoms with Crippen LogP contribution in [0.4, 0.5) is 0 Å². The van der Waals surface area contributed by atoms with Crippen molar-refractivity contribution in [2.75, 3.05) is 19.7 Å². The topological polar surface area (TPSA) is 47.3 Å². The summed E-state index contributed by atoms with van der Waals surface area (Å²) in [6.45, 7) is 7.04. The first-order chi connectivity index (χ1) is 7.55. The van der Waals surface area contributed by atoms with Crippen molar-refractivity contribution in [1.29, 1.82) is 0 Å². The maximum Gasteiger partial charge on any atom is 0.0779 e. The van der Waals surface area contributed by atoms with E-state index >= 15 is 0 Å². The van der Waals surface area contributed by atoms with Crippen LogP contribution in [-0.2, 0) is 4.74 Å². The predicted octanol–water partition coefficient (Wildman–Crippen LogP) is 1.66. The van der Waals surface area contributed by atoms with Crippen LogP contribution in [0.15, 0.2) is 0 Å². The second-order valence-corrected chi connectivity index (χ2v) is 6.17. The van der Waals surface area contributed by atoms with Crippen molar-refractivity contribution >= 4 is 0 Å². The van der Waals surface area contributed by atoms with Gasteiger partial charge in [-0.2, -0.15) is 0 Å². The lowest BCUT2D eigenvalue weighted by atomic mass is 9.93. The standard InChI is InChI=1S/C13H26N2O/c1-12(9-14,8-11-4-5-11)15-10-13(2)6-3-7-16-13/h11,15H,3-10,14H2,1-2H3. The molecule has 0 spiro atoms. The molecule has 0 aromatic heterocycles. The molecule has 1 heterocycles. The fourth-order valence-corrected chi connectivity index (χ4v) is 2.56.